The number of hydrogen-bond acceptors (Lipinski definition) is 1. The molecule has 0 saturated heterocycles. The van der Waals surface area contributed by atoms with Gasteiger partial charge in [0.1, 0.15) is 0 Å². The smallest absolute Gasteiger partial charge is 0.0729 e. The van der Waals surface area contributed by atoms with Gasteiger partial charge in [0.2, 0.25) is 0 Å². The predicted octanol–water partition coefficient (Wildman–Crippen LogP) is 1.90. The summed E-state index contributed by atoms with van der Waals surface area (Å²) in [6.07, 6.45) is 0.219. The van der Waals surface area contributed by atoms with Crippen molar-refractivity contribution in [2.45, 2.75) is 20.0 Å². The van der Waals surface area contributed by atoms with Crippen LogP contribution in [0.1, 0.15) is 13.8 Å². The summed E-state index contributed by atoms with van der Waals surface area (Å²) in [5.41, 5.74) is 0. The van der Waals surface area contributed by atoms with Crippen LogP contribution in [0.4, 0.5) is 0 Å². The van der Waals surface area contributed by atoms with E-state index in [4.69, 9.17) is 16.3 Å². The Kier molecular flexibility index (Phi) is 4.29. The van der Waals surface area contributed by atoms with E-state index < -0.39 is 0 Å². The SMILES string of the molecule is COC(CCl)C(C)C. The fourth-order valence-electron chi connectivity index (χ4n) is 0.513. The monoisotopic (exact) mass is 136 g/mol. The summed E-state index contributed by atoms with van der Waals surface area (Å²) in [5.74, 6) is 1.12. The molecule has 0 aromatic carbocycles. The molecule has 0 aliphatic rings. The summed E-state index contributed by atoms with van der Waals surface area (Å²) in [4.78, 5) is 0. The Bertz CT molecular complexity index is 50.5. The first-order chi connectivity index (χ1) is 3.72. The second-order valence-corrected chi connectivity index (χ2v) is 2.48. The van der Waals surface area contributed by atoms with Gasteiger partial charge in [-0.1, -0.05) is 13.8 Å². The standard InChI is InChI=1S/C6H13ClO/c1-5(2)6(4-7)8-3/h5-6H,4H2,1-3H3. The molecule has 0 aromatic heterocycles. The van der Waals surface area contributed by atoms with Crippen molar-refractivity contribution in [2.75, 3.05) is 13.0 Å². The summed E-state index contributed by atoms with van der Waals surface area (Å²) >= 11 is 5.54. The topological polar surface area (TPSA) is 9.23 Å². The van der Waals surface area contributed by atoms with Gasteiger partial charge in [-0.3, -0.25) is 0 Å². The maximum Gasteiger partial charge on any atom is 0.0729 e. The van der Waals surface area contributed by atoms with Crippen molar-refractivity contribution >= 4 is 11.6 Å². The van der Waals surface area contributed by atoms with Crippen LogP contribution >= 0.6 is 11.6 Å². The molecule has 1 atom stereocenters. The van der Waals surface area contributed by atoms with Crippen LogP contribution in [0.2, 0.25) is 0 Å². The van der Waals surface area contributed by atoms with Gasteiger partial charge in [-0.05, 0) is 5.92 Å². The molecule has 0 amide bonds. The Hall–Kier alpha value is 0.250. The summed E-state index contributed by atoms with van der Waals surface area (Å²) in [5, 5.41) is 0. The number of halogens is 1. The Morgan fingerprint density at radius 1 is 1.50 bits per heavy atom. The van der Waals surface area contributed by atoms with E-state index in [1.165, 1.54) is 0 Å². The molecule has 0 aromatic rings. The van der Waals surface area contributed by atoms with E-state index in [-0.39, 0.29) is 6.10 Å². The third-order valence-corrected chi connectivity index (χ3v) is 1.50. The molecule has 0 aliphatic heterocycles. The van der Waals surface area contributed by atoms with Crippen LogP contribution in [0.3, 0.4) is 0 Å². The second-order valence-electron chi connectivity index (χ2n) is 2.17. The second kappa shape index (κ2) is 4.16. The molecule has 1 nitrogen and oxygen atoms in total. The van der Waals surface area contributed by atoms with Gasteiger partial charge in [0.15, 0.2) is 0 Å². The molecule has 0 rings (SSSR count). The molecule has 0 saturated carbocycles. The molecule has 0 aliphatic carbocycles. The molecule has 0 spiro atoms. The van der Waals surface area contributed by atoms with E-state index in [2.05, 4.69) is 13.8 Å². The van der Waals surface area contributed by atoms with Crippen molar-refractivity contribution in [3.05, 3.63) is 0 Å². The molecule has 0 heterocycles. The highest BCUT2D eigenvalue weighted by Crippen LogP contribution is 2.05. The van der Waals surface area contributed by atoms with Crippen LogP contribution in [0.15, 0.2) is 0 Å². The lowest BCUT2D eigenvalue weighted by molar-refractivity contribution is 0.0832. The van der Waals surface area contributed by atoms with E-state index >= 15 is 0 Å². The summed E-state index contributed by atoms with van der Waals surface area (Å²) in [6, 6.07) is 0. The van der Waals surface area contributed by atoms with Crippen molar-refractivity contribution in [1.82, 2.24) is 0 Å². The zero-order valence-electron chi connectivity index (χ0n) is 5.65. The van der Waals surface area contributed by atoms with Gasteiger partial charge >= 0.3 is 0 Å². The molecule has 50 valence electrons. The van der Waals surface area contributed by atoms with Gasteiger partial charge in [-0.15, -0.1) is 11.6 Å². The van der Waals surface area contributed by atoms with Gasteiger partial charge in [-0.25, -0.2) is 0 Å². The molecular weight excluding hydrogens is 124 g/mol. The number of methoxy groups -OCH3 is 1. The minimum absolute atomic E-state index is 0.219. The molecule has 0 bridgehead atoms. The average molecular weight is 137 g/mol. The lowest BCUT2D eigenvalue weighted by Gasteiger charge is -2.14. The van der Waals surface area contributed by atoms with E-state index in [9.17, 15) is 0 Å². The predicted molar refractivity (Wildman–Crippen MR) is 36.4 cm³/mol. The number of hydrogen-bond donors (Lipinski definition) is 0. The van der Waals surface area contributed by atoms with Gasteiger partial charge in [-0.2, -0.15) is 0 Å². The summed E-state index contributed by atoms with van der Waals surface area (Å²) < 4.78 is 5.03. The zero-order valence-corrected chi connectivity index (χ0v) is 6.40. The van der Waals surface area contributed by atoms with Crippen molar-refractivity contribution in [3.8, 4) is 0 Å². The lowest BCUT2D eigenvalue weighted by Crippen LogP contribution is -2.19. The van der Waals surface area contributed by atoms with Crippen molar-refractivity contribution in [3.63, 3.8) is 0 Å². The third kappa shape index (κ3) is 2.53. The number of alkyl halides is 1. The summed E-state index contributed by atoms with van der Waals surface area (Å²) in [7, 11) is 1.69. The van der Waals surface area contributed by atoms with Gasteiger partial charge < -0.3 is 4.74 Å². The molecule has 0 N–H and O–H groups in total. The Morgan fingerprint density at radius 3 is 2.00 bits per heavy atom. The first-order valence-electron chi connectivity index (χ1n) is 2.81. The number of ether oxygens (including phenoxy) is 1. The van der Waals surface area contributed by atoms with Crippen molar-refractivity contribution in [1.29, 1.82) is 0 Å². The molecule has 0 radical (unpaired) electrons. The van der Waals surface area contributed by atoms with Crippen molar-refractivity contribution in [2.24, 2.45) is 5.92 Å². The molecule has 2 heteroatoms. The molecule has 0 fully saturated rings. The Balaban J connectivity index is 3.35. The highest BCUT2D eigenvalue weighted by Gasteiger charge is 2.08. The molecule has 8 heavy (non-hydrogen) atoms. The van der Waals surface area contributed by atoms with Crippen molar-refractivity contribution < 1.29 is 4.74 Å². The van der Waals surface area contributed by atoms with E-state index in [1.807, 2.05) is 0 Å². The minimum Gasteiger partial charge on any atom is -0.380 e. The summed E-state index contributed by atoms with van der Waals surface area (Å²) in [6.45, 7) is 4.19. The lowest BCUT2D eigenvalue weighted by atomic mass is 10.1. The van der Waals surface area contributed by atoms with Crippen LogP contribution in [-0.4, -0.2) is 19.1 Å². The molecule has 1 unspecified atom stereocenters. The minimum atomic E-state index is 0.219. The fourth-order valence-corrected chi connectivity index (χ4v) is 0.996. The molecular formula is C6H13ClO. The average Bonchev–Trinajstić information content (AvgIpc) is 1.69. The van der Waals surface area contributed by atoms with Crippen LogP contribution < -0.4 is 0 Å². The third-order valence-electron chi connectivity index (χ3n) is 1.20. The van der Waals surface area contributed by atoms with Crippen LogP contribution in [0.25, 0.3) is 0 Å². The van der Waals surface area contributed by atoms with Gasteiger partial charge in [0.25, 0.3) is 0 Å². The Morgan fingerprint density at radius 2 is 2.00 bits per heavy atom. The first-order valence-corrected chi connectivity index (χ1v) is 3.34. The highest BCUT2D eigenvalue weighted by atomic mass is 35.5. The zero-order chi connectivity index (χ0) is 6.57. The maximum atomic E-state index is 5.54. The fraction of sp³-hybridized carbons (Fsp3) is 1.00. The van der Waals surface area contributed by atoms with Crippen LogP contribution in [0.5, 0.6) is 0 Å². The van der Waals surface area contributed by atoms with E-state index in [0.29, 0.717) is 11.8 Å². The van der Waals surface area contributed by atoms with Crippen LogP contribution in [-0.2, 0) is 4.74 Å². The highest BCUT2D eigenvalue weighted by molar-refractivity contribution is 6.18. The maximum absolute atomic E-state index is 5.54. The quantitative estimate of drug-likeness (QED) is 0.539. The number of rotatable bonds is 3. The van der Waals surface area contributed by atoms with Gasteiger partial charge in [0, 0.05) is 13.0 Å². The van der Waals surface area contributed by atoms with Crippen LogP contribution in [0, 0.1) is 5.92 Å². The Labute approximate surface area is 56.0 Å². The van der Waals surface area contributed by atoms with E-state index in [1.54, 1.807) is 7.11 Å². The normalized spacial score (nSPS) is 14.6. The van der Waals surface area contributed by atoms with Gasteiger partial charge in [0.05, 0.1) is 6.10 Å². The largest absolute Gasteiger partial charge is 0.380 e. The van der Waals surface area contributed by atoms with E-state index in [0.717, 1.165) is 0 Å². The first kappa shape index (κ1) is 8.25.